The van der Waals surface area contributed by atoms with Crippen molar-refractivity contribution in [1.29, 1.82) is 0 Å². The van der Waals surface area contributed by atoms with Gasteiger partial charge in [-0.05, 0) is 0 Å². The molecule has 46 valence electrons. The number of hydrazine groups is 1. The van der Waals surface area contributed by atoms with Crippen LogP contribution < -0.4 is 11.2 Å². The first-order valence-electron chi connectivity index (χ1n) is 2.48. The van der Waals surface area contributed by atoms with Crippen LogP contribution in [-0.4, -0.2) is 24.1 Å². The van der Waals surface area contributed by atoms with Crippen LogP contribution in [0.1, 0.15) is 6.42 Å². The second-order valence-electron chi connectivity index (χ2n) is 1.92. The van der Waals surface area contributed by atoms with Gasteiger partial charge >= 0.3 is 0 Å². The Hall–Kier alpha value is -0.610. The van der Waals surface area contributed by atoms with Crippen molar-refractivity contribution in [2.45, 2.75) is 12.6 Å². The normalized spacial score (nSPS) is 30.8. The molecule has 1 rings (SSSR count). The molecule has 0 spiro atoms. The smallest absolute Gasteiger partial charge is 0.237 e. The molecular formula is C4H9N3O. The molecule has 1 unspecified atom stereocenters. The summed E-state index contributed by atoms with van der Waals surface area (Å²) in [6.45, 7) is 0. The Morgan fingerprint density at radius 3 is 2.75 bits per heavy atom. The third-order valence-electron chi connectivity index (χ3n) is 1.19. The molecule has 0 aliphatic carbocycles. The van der Waals surface area contributed by atoms with E-state index in [9.17, 15) is 4.79 Å². The molecule has 1 atom stereocenters. The van der Waals surface area contributed by atoms with Gasteiger partial charge in [0.1, 0.15) is 0 Å². The molecule has 1 aliphatic heterocycles. The van der Waals surface area contributed by atoms with Gasteiger partial charge in [-0.2, -0.15) is 0 Å². The second kappa shape index (κ2) is 1.72. The van der Waals surface area contributed by atoms with Gasteiger partial charge in [-0.3, -0.25) is 10.2 Å². The zero-order valence-electron chi connectivity index (χ0n) is 4.72. The van der Waals surface area contributed by atoms with E-state index in [1.807, 2.05) is 0 Å². The van der Waals surface area contributed by atoms with Crippen molar-refractivity contribution in [1.82, 2.24) is 10.4 Å². The summed E-state index contributed by atoms with van der Waals surface area (Å²) in [5.41, 5.74) is 7.95. The number of carbonyl (C=O) groups excluding carboxylic acids is 1. The fourth-order valence-corrected chi connectivity index (χ4v) is 0.652. The minimum atomic E-state index is -0.137. The predicted molar refractivity (Wildman–Crippen MR) is 28.5 cm³/mol. The first kappa shape index (κ1) is 5.53. The third-order valence-corrected chi connectivity index (χ3v) is 1.19. The SMILES string of the molecule is CN1NC(=O)CC1N. The molecule has 0 bridgehead atoms. The zero-order chi connectivity index (χ0) is 6.15. The van der Waals surface area contributed by atoms with Crippen LogP contribution in [0.3, 0.4) is 0 Å². The van der Waals surface area contributed by atoms with E-state index in [0.717, 1.165) is 0 Å². The highest BCUT2D eigenvalue weighted by Gasteiger charge is 2.22. The van der Waals surface area contributed by atoms with E-state index < -0.39 is 0 Å². The predicted octanol–water partition coefficient (Wildman–Crippen LogP) is -1.36. The van der Waals surface area contributed by atoms with E-state index in [1.54, 1.807) is 12.1 Å². The fraction of sp³-hybridized carbons (Fsp3) is 0.750. The highest BCUT2D eigenvalue weighted by molar-refractivity contribution is 5.77. The van der Waals surface area contributed by atoms with Crippen molar-refractivity contribution in [2.24, 2.45) is 5.73 Å². The maximum Gasteiger partial charge on any atom is 0.237 e. The Morgan fingerprint density at radius 2 is 2.62 bits per heavy atom. The Labute approximate surface area is 47.6 Å². The molecule has 1 amide bonds. The van der Waals surface area contributed by atoms with Crippen molar-refractivity contribution in [3.63, 3.8) is 0 Å². The molecule has 0 aromatic rings. The van der Waals surface area contributed by atoms with Gasteiger partial charge in [0.25, 0.3) is 0 Å². The lowest BCUT2D eigenvalue weighted by atomic mass is 10.4. The number of hydrogen-bond donors (Lipinski definition) is 2. The van der Waals surface area contributed by atoms with Crippen molar-refractivity contribution < 1.29 is 4.79 Å². The Morgan fingerprint density at radius 1 is 2.00 bits per heavy atom. The average Bonchev–Trinajstić information content (AvgIpc) is 1.85. The lowest BCUT2D eigenvalue weighted by Crippen LogP contribution is -2.39. The maximum absolute atomic E-state index is 10.4. The molecule has 0 radical (unpaired) electrons. The monoisotopic (exact) mass is 115 g/mol. The van der Waals surface area contributed by atoms with Crippen LogP contribution in [0, 0.1) is 0 Å². The van der Waals surface area contributed by atoms with Gasteiger partial charge in [-0.1, -0.05) is 0 Å². The Balaban J connectivity index is 2.51. The first-order valence-corrected chi connectivity index (χ1v) is 2.48. The van der Waals surface area contributed by atoms with Crippen LogP contribution >= 0.6 is 0 Å². The average molecular weight is 115 g/mol. The van der Waals surface area contributed by atoms with Gasteiger partial charge in [0.2, 0.25) is 5.91 Å². The molecule has 0 aromatic heterocycles. The number of nitrogens with zero attached hydrogens (tertiary/aromatic N) is 1. The van der Waals surface area contributed by atoms with Gasteiger partial charge in [-0.25, -0.2) is 5.01 Å². The summed E-state index contributed by atoms with van der Waals surface area (Å²) in [5, 5.41) is 1.60. The van der Waals surface area contributed by atoms with Gasteiger partial charge in [-0.15, -0.1) is 0 Å². The van der Waals surface area contributed by atoms with E-state index in [0.29, 0.717) is 6.42 Å². The number of amides is 1. The highest BCUT2D eigenvalue weighted by Crippen LogP contribution is 1.98. The van der Waals surface area contributed by atoms with E-state index in [-0.39, 0.29) is 12.1 Å². The zero-order valence-corrected chi connectivity index (χ0v) is 4.72. The number of nitrogens with two attached hydrogens (primary N) is 1. The van der Waals surface area contributed by atoms with Gasteiger partial charge in [0.05, 0.1) is 12.6 Å². The van der Waals surface area contributed by atoms with Crippen LogP contribution in [0.4, 0.5) is 0 Å². The summed E-state index contributed by atoms with van der Waals surface area (Å²) in [6.07, 6.45) is 0.277. The number of hydrogen-bond acceptors (Lipinski definition) is 3. The van der Waals surface area contributed by atoms with Crippen molar-refractivity contribution >= 4 is 5.91 Å². The largest absolute Gasteiger partial charge is 0.314 e. The quantitative estimate of drug-likeness (QED) is 0.410. The molecule has 3 N–H and O–H groups in total. The summed E-state index contributed by atoms with van der Waals surface area (Å²) >= 11 is 0. The van der Waals surface area contributed by atoms with Gasteiger partial charge in [0.15, 0.2) is 0 Å². The molecule has 4 nitrogen and oxygen atoms in total. The van der Waals surface area contributed by atoms with Crippen LogP contribution in [0.5, 0.6) is 0 Å². The van der Waals surface area contributed by atoms with Crippen molar-refractivity contribution in [3.05, 3.63) is 0 Å². The third kappa shape index (κ3) is 0.801. The lowest BCUT2D eigenvalue weighted by molar-refractivity contribution is -0.120. The summed E-state index contributed by atoms with van der Waals surface area (Å²) in [6, 6.07) is 0. The molecule has 4 heteroatoms. The lowest BCUT2D eigenvalue weighted by Gasteiger charge is -2.11. The molecule has 1 saturated heterocycles. The molecule has 1 fully saturated rings. The van der Waals surface area contributed by atoms with Crippen molar-refractivity contribution in [3.8, 4) is 0 Å². The fourth-order valence-electron chi connectivity index (χ4n) is 0.652. The van der Waals surface area contributed by atoms with Gasteiger partial charge in [0, 0.05) is 7.05 Å². The molecule has 8 heavy (non-hydrogen) atoms. The molecular weight excluding hydrogens is 106 g/mol. The topological polar surface area (TPSA) is 58.4 Å². The van der Waals surface area contributed by atoms with Crippen LogP contribution in [0.2, 0.25) is 0 Å². The van der Waals surface area contributed by atoms with Gasteiger partial charge < -0.3 is 5.73 Å². The van der Waals surface area contributed by atoms with E-state index in [4.69, 9.17) is 5.73 Å². The number of nitrogens with one attached hydrogen (secondary N) is 1. The number of rotatable bonds is 0. The second-order valence-corrected chi connectivity index (χ2v) is 1.92. The minimum Gasteiger partial charge on any atom is -0.314 e. The van der Waals surface area contributed by atoms with Crippen LogP contribution in [0.15, 0.2) is 0 Å². The van der Waals surface area contributed by atoms with Crippen LogP contribution in [0.25, 0.3) is 0 Å². The summed E-state index contributed by atoms with van der Waals surface area (Å²) in [7, 11) is 1.75. The Kier molecular flexibility index (Phi) is 1.19. The van der Waals surface area contributed by atoms with Crippen molar-refractivity contribution in [2.75, 3.05) is 7.05 Å². The molecule has 1 heterocycles. The molecule has 1 aliphatic rings. The van der Waals surface area contributed by atoms with E-state index >= 15 is 0 Å². The standard InChI is InChI=1S/C4H9N3O/c1-7-3(5)2-4(8)6-7/h3H,2,5H2,1H3,(H,6,8). The van der Waals surface area contributed by atoms with E-state index in [1.165, 1.54) is 0 Å². The first-order chi connectivity index (χ1) is 3.70. The molecule has 0 aromatic carbocycles. The molecule has 0 saturated carbocycles. The Bertz CT molecular complexity index is 102. The maximum atomic E-state index is 10.4. The number of carbonyl (C=O) groups is 1. The minimum absolute atomic E-state index is 0.000000000000000222. The summed E-state index contributed by atoms with van der Waals surface area (Å²) in [4.78, 5) is 10.4. The van der Waals surface area contributed by atoms with E-state index in [2.05, 4.69) is 5.43 Å². The highest BCUT2D eigenvalue weighted by atomic mass is 16.2. The summed E-state index contributed by atoms with van der Waals surface area (Å²) < 4.78 is 0. The van der Waals surface area contributed by atoms with Crippen LogP contribution in [-0.2, 0) is 4.79 Å². The summed E-state index contributed by atoms with van der Waals surface area (Å²) in [5.74, 6) is 0.000000000000000222.